The number of esters is 1. The number of Topliss-reactive ketones (excluding diaryl/α,β-unsaturated/α-hetero) is 3. The van der Waals surface area contributed by atoms with Gasteiger partial charge in [0.25, 0.3) is 0 Å². The number of ketones is 3. The number of hydrogen-bond acceptors (Lipinski definition) is 14. The number of aliphatic carboxylic acids is 2. The molecule has 0 radical (unpaired) electrons. The SMILES string of the molecule is CCOC(=O)CCC(=O)c1cc2cc(Br)c(OC)cc2s1.COc1cc2sc(C(=O)CCC(=O)O)cc2cc1Br.COc1cc2sc(C(=O)CCC(=O)O)cc2cc1Br.[Na+].[OH-]. The summed E-state index contributed by atoms with van der Waals surface area (Å²) in [5.41, 5.74) is 0. The van der Waals surface area contributed by atoms with Gasteiger partial charge in [-0.3, -0.25) is 28.8 Å². The van der Waals surface area contributed by atoms with Gasteiger partial charge in [0.2, 0.25) is 0 Å². The fraction of sp³-hybridized carbons (Fsp3) is 0.268. The minimum Gasteiger partial charge on any atom is -0.870 e. The summed E-state index contributed by atoms with van der Waals surface area (Å²) in [6, 6.07) is 16.7. The van der Waals surface area contributed by atoms with Crippen molar-refractivity contribution in [1.82, 2.24) is 0 Å². The molecule has 3 heterocycles. The van der Waals surface area contributed by atoms with E-state index in [1.807, 2.05) is 42.5 Å². The molecule has 0 atom stereocenters. The summed E-state index contributed by atoms with van der Waals surface area (Å²) >= 11 is 14.3. The predicted octanol–water partition coefficient (Wildman–Crippen LogP) is 8.47. The third-order valence-corrected chi connectivity index (χ3v) is 13.5. The molecule has 0 saturated carbocycles. The molecule has 0 fully saturated rings. The van der Waals surface area contributed by atoms with Gasteiger partial charge in [0, 0.05) is 33.4 Å². The standard InChI is InChI=1S/C15H15BrO4S.2C13H11BrO4S.Na.H2O/c1-3-20-15(18)5-4-11(17)14-7-9-6-10(16)12(19-2)8-13(9)21-14;2*1-18-10-6-11-7(4-8(10)14)5-12(19-11)9(15)2-3-13(16)17;;/h6-8H,3-5H2,1-2H3;2*4-6H,2-3H2,1H3,(H,16,17);;1H2/q;;;+1;/p-1. The molecular weight excluding hydrogens is 1060 g/mol. The zero-order chi connectivity index (χ0) is 43.4. The van der Waals surface area contributed by atoms with E-state index in [0.717, 1.165) is 49.4 Å². The molecule has 0 bridgehead atoms. The number of carbonyl (C=O) groups excluding carboxylic acids is 4. The van der Waals surface area contributed by atoms with Crippen molar-refractivity contribution in [2.45, 2.75) is 45.4 Å². The zero-order valence-electron chi connectivity index (χ0n) is 33.4. The Morgan fingerprint density at radius 1 is 0.508 bits per heavy atom. The summed E-state index contributed by atoms with van der Waals surface area (Å²) in [5, 5.41) is 20.0. The van der Waals surface area contributed by atoms with Crippen molar-refractivity contribution >= 4 is 147 Å². The van der Waals surface area contributed by atoms with Crippen LogP contribution >= 0.6 is 81.8 Å². The maximum Gasteiger partial charge on any atom is 1.00 e. The Balaban J connectivity index is 0.000000310. The molecule has 3 N–H and O–H groups in total. The number of rotatable bonds is 16. The summed E-state index contributed by atoms with van der Waals surface area (Å²) in [5.74, 6) is -0.432. The molecule has 0 aliphatic heterocycles. The van der Waals surface area contributed by atoms with Crippen molar-refractivity contribution in [3.63, 3.8) is 0 Å². The number of benzene rings is 3. The quantitative estimate of drug-likeness (QED) is 0.0530. The van der Waals surface area contributed by atoms with Gasteiger partial charge in [-0.2, -0.15) is 0 Å². The first kappa shape index (κ1) is 53.9. The molecule has 0 aliphatic rings. The molecule has 0 amide bonds. The van der Waals surface area contributed by atoms with Crippen LogP contribution in [-0.4, -0.2) is 78.9 Å². The normalized spacial score (nSPS) is 10.3. The molecule has 0 saturated heterocycles. The van der Waals surface area contributed by atoms with Crippen molar-refractivity contribution in [2.75, 3.05) is 27.9 Å². The molecule has 13 nitrogen and oxygen atoms in total. The number of carboxylic acid groups (broad SMARTS) is 2. The van der Waals surface area contributed by atoms with E-state index < -0.39 is 11.9 Å². The number of hydrogen-bond donors (Lipinski definition) is 2. The van der Waals surface area contributed by atoms with Crippen LogP contribution in [0.2, 0.25) is 0 Å². The van der Waals surface area contributed by atoms with Crippen molar-refractivity contribution in [2.24, 2.45) is 0 Å². The van der Waals surface area contributed by atoms with Gasteiger partial charge in [-0.1, -0.05) is 0 Å². The van der Waals surface area contributed by atoms with E-state index in [1.165, 1.54) is 34.0 Å². The van der Waals surface area contributed by atoms with Crippen LogP contribution in [0, 0.1) is 0 Å². The predicted molar refractivity (Wildman–Crippen MR) is 243 cm³/mol. The van der Waals surface area contributed by atoms with Crippen molar-refractivity contribution in [3.05, 3.63) is 82.6 Å². The third-order valence-electron chi connectivity index (χ3n) is 8.19. The fourth-order valence-corrected chi connectivity index (χ4v) is 9.95. The van der Waals surface area contributed by atoms with Crippen LogP contribution in [0.15, 0.2) is 68.0 Å². The van der Waals surface area contributed by atoms with Crippen molar-refractivity contribution < 1.29 is 93.0 Å². The summed E-state index contributed by atoms with van der Waals surface area (Å²) < 4.78 is 25.8. The van der Waals surface area contributed by atoms with Gasteiger partial charge in [0.15, 0.2) is 17.3 Å². The maximum absolute atomic E-state index is 12.1. The second-order valence-corrected chi connectivity index (χ2v) is 18.1. The van der Waals surface area contributed by atoms with Crippen LogP contribution in [0.25, 0.3) is 30.3 Å². The van der Waals surface area contributed by atoms with Crippen LogP contribution in [0.4, 0.5) is 0 Å². The van der Waals surface area contributed by atoms with E-state index in [9.17, 15) is 28.8 Å². The second kappa shape index (κ2) is 25.8. The van der Waals surface area contributed by atoms with Gasteiger partial charge in [-0.25, -0.2) is 0 Å². The Labute approximate surface area is 409 Å². The van der Waals surface area contributed by atoms with Crippen LogP contribution < -0.4 is 43.8 Å². The minimum absolute atomic E-state index is 0. The second-order valence-electron chi connectivity index (χ2n) is 12.3. The first-order valence-corrected chi connectivity index (χ1v) is 22.4. The average Bonchev–Trinajstić information content (AvgIpc) is 3.94. The Kier molecular flexibility index (Phi) is 22.8. The molecular formula is C41H38Br3NaO13S3. The summed E-state index contributed by atoms with van der Waals surface area (Å²) in [6.45, 7) is 2.08. The summed E-state index contributed by atoms with van der Waals surface area (Å²) in [7, 11) is 4.77. The molecule has 3 aromatic heterocycles. The van der Waals surface area contributed by atoms with Crippen LogP contribution in [0.5, 0.6) is 17.2 Å². The van der Waals surface area contributed by atoms with Gasteiger partial charge in [-0.05, 0) is 125 Å². The summed E-state index contributed by atoms with van der Waals surface area (Å²) in [4.78, 5) is 69.9. The van der Waals surface area contributed by atoms with E-state index in [2.05, 4.69) is 47.8 Å². The van der Waals surface area contributed by atoms with Gasteiger partial charge in [0.1, 0.15) is 17.2 Å². The fourth-order valence-electron chi connectivity index (χ4n) is 5.26. The molecule has 6 rings (SSSR count). The number of fused-ring (bicyclic) bond motifs is 3. The minimum atomic E-state index is -0.959. The Morgan fingerprint density at radius 2 is 0.803 bits per heavy atom. The van der Waals surface area contributed by atoms with E-state index in [1.54, 1.807) is 40.4 Å². The van der Waals surface area contributed by atoms with E-state index in [0.29, 0.717) is 32.7 Å². The molecule has 3 aromatic carbocycles. The van der Waals surface area contributed by atoms with Gasteiger partial charge in [-0.15, -0.1) is 34.0 Å². The van der Waals surface area contributed by atoms with Crippen molar-refractivity contribution in [3.8, 4) is 17.2 Å². The number of halogens is 3. The van der Waals surface area contributed by atoms with E-state index in [4.69, 9.17) is 29.2 Å². The third kappa shape index (κ3) is 15.5. The van der Waals surface area contributed by atoms with Crippen LogP contribution in [0.1, 0.15) is 74.5 Å². The first-order valence-electron chi connectivity index (χ1n) is 17.6. The Morgan fingerprint density at radius 3 is 1.07 bits per heavy atom. The molecule has 0 unspecified atom stereocenters. The molecule has 20 heteroatoms. The number of carboxylic acids is 2. The molecule has 320 valence electrons. The maximum atomic E-state index is 12.1. The monoisotopic (exact) mass is 1090 g/mol. The average molecular weight is 1100 g/mol. The molecule has 6 aromatic rings. The smallest absolute Gasteiger partial charge is 0.870 e. The van der Waals surface area contributed by atoms with Gasteiger partial charge < -0.3 is 34.6 Å². The number of methoxy groups -OCH3 is 3. The van der Waals surface area contributed by atoms with Gasteiger partial charge in [0.05, 0.1) is 75.2 Å². The van der Waals surface area contributed by atoms with Crippen LogP contribution in [0.3, 0.4) is 0 Å². The molecule has 0 aliphatic carbocycles. The first-order chi connectivity index (χ1) is 28.1. The zero-order valence-corrected chi connectivity index (χ0v) is 42.6. The Hall–Kier alpha value is -3.24. The number of thiophene rings is 3. The van der Waals surface area contributed by atoms with Gasteiger partial charge >= 0.3 is 47.5 Å². The van der Waals surface area contributed by atoms with Crippen molar-refractivity contribution in [1.29, 1.82) is 0 Å². The topological polar surface area (TPSA) is 210 Å². The van der Waals surface area contributed by atoms with E-state index >= 15 is 0 Å². The summed E-state index contributed by atoms with van der Waals surface area (Å²) in [6.07, 6.45) is 0.0685. The number of ether oxygens (including phenoxy) is 4. The largest absolute Gasteiger partial charge is 1.00 e. The molecule has 0 spiro atoms. The Bertz CT molecular complexity index is 2420. The number of carbonyl (C=O) groups is 6. The molecule has 61 heavy (non-hydrogen) atoms. The van der Waals surface area contributed by atoms with Crippen LogP contribution in [-0.2, 0) is 19.1 Å². The van der Waals surface area contributed by atoms with E-state index in [-0.39, 0.29) is 96.9 Å².